The Bertz CT molecular complexity index is 513. The van der Waals surface area contributed by atoms with E-state index in [-0.39, 0.29) is 5.82 Å². The van der Waals surface area contributed by atoms with Gasteiger partial charge in [0.1, 0.15) is 18.2 Å². The number of nitrogens with one attached hydrogen (secondary N) is 1. The van der Waals surface area contributed by atoms with Crippen molar-refractivity contribution in [2.75, 3.05) is 13.2 Å². The second-order valence-electron chi connectivity index (χ2n) is 4.42. The summed E-state index contributed by atoms with van der Waals surface area (Å²) in [5, 5.41) is 3.30. The summed E-state index contributed by atoms with van der Waals surface area (Å²) in [4.78, 5) is 0. The van der Waals surface area contributed by atoms with Crippen LogP contribution in [0, 0.1) is 12.7 Å². The molecule has 2 aromatic carbocycles. The lowest BCUT2D eigenvalue weighted by molar-refractivity contribution is 0.311. The third-order valence-electron chi connectivity index (χ3n) is 2.85. The molecule has 0 unspecified atom stereocenters. The summed E-state index contributed by atoms with van der Waals surface area (Å²) in [5.74, 6) is 0.509. The predicted octanol–water partition coefficient (Wildman–Crippen LogP) is 3.30. The van der Waals surface area contributed by atoms with Gasteiger partial charge in [0.15, 0.2) is 0 Å². The quantitative estimate of drug-likeness (QED) is 0.804. The molecule has 0 fully saturated rings. The van der Waals surface area contributed by atoms with Gasteiger partial charge in [-0.3, -0.25) is 0 Å². The van der Waals surface area contributed by atoms with Crippen LogP contribution in [0.15, 0.2) is 48.5 Å². The summed E-state index contributed by atoms with van der Waals surface area (Å²) >= 11 is 0. The molecule has 1 N–H and O–H groups in total. The highest BCUT2D eigenvalue weighted by Gasteiger charge is 2.00. The smallest absolute Gasteiger partial charge is 0.123 e. The van der Waals surface area contributed by atoms with Crippen LogP contribution >= 0.6 is 0 Å². The Balaban J connectivity index is 1.69. The lowest BCUT2D eigenvalue weighted by atomic mass is 10.2. The third kappa shape index (κ3) is 4.38. The summed E-state index contributed by atoms with van der Waals surface area (Å²) in [6, 6.07) is 14.8. The summed E-state index contributed by atoms with van der Waals surface area (Å²) in [6.45, 7) is 3.99. The van der Waals surface area contributed by atoms with Gasteiger partial charge < -0.3 is 10.1 Å². The normalized spacial score (nSPS) is 10.4. The van der Waals surface area contributed by atoms with Crippen LogP contribution in [0.2, 0.25) is 0 Å². The van der Waals surface area contributed by atoms with Gasteiger partial charge in [0.05, 0.1) is 0 Å². The van der Waals surface area contributed by atoms with Crippen LogP contribution in [0.3, 0.4) is 0 Å². The van der Waals surface area contributed by atoms with Crippen LogP contribution in [0.5, 0.6) is 5.75 Å². The Labute approximate surface area is 113 Å². The van der Waals surface area contributed by atoms with Crippen LogP contribution in [-0.4, -0.2) is 13.2 Å². The molecule has 2 nitrogen and oxygen atoms in total. The van der Waals surface area contributed by atoms with E-state index >= 15 is 0 Å². The van der Waals surface area contributed by atoms with Crippen molar-refractivity contribution >= 4 is 0 Å². The molecular weight excluding hydrogens is 241 g/mol. The van der Waals surface area contributed by atoms with E-state index in [1.54, 1.807) is 6.07 Å². The average molecular weight is 259 g/mol. The molecule has 3 heteroatoms. The molecule has 0 atom stereocenters. The molecule has 100 valence electrons. The second-order valence-corrected chi connectivity index (χ2v) is 4.42. The monoisotopic (exact) mass is 259 g/mol. The first-order valence-electron chi connectivity index (χ1n) is 6.39. The van der Waals surface area contributed by atoms with Crippen molar-refractivity contribution in [3.8, 4) is 5.75 Å². The fourth-order valence-corrected chi connectivity index (χ4v) is 1.84. The van der Waals surface area contributed by atoms with E-state index < -0.39 is 0 Å². The number of ether oxygens (including phenoxy) is 1. The average Bonchev–Trinajstić information content (AvgIpc) is 2.42. The number of benzene rings is 2. The molecule has 0 aliphatic heterocycles. The lowest BCUT2D eigenvalue weighted by Gasteiger charge is -2.10. The van der Waals surface area contributed by atoms with Crippen LogP contribution in [-0.2, 0) is 6.54 Å². The van der Waals surface area contributed by atoms with E-state index in [9.17, 15) is 4.39 Å². The van der Waals surface area contributed by atoms with E-state index in [1.807, 2.05) is 25.1 Å². The van der Waals surface area contributed by atoms with Crippen LogP contribution in [0.1, 0.15) is 11.1 Å². The SMILES string of the molecule is Cc1cc(F)ccc1OCCNCc1ccccc1. The van der Waals surface area contributed by atoms with Crippen molar-refractivity contribution in [1.29, 1.82) is 0 Å². The van der Waals surface area contributed by atoms with Crippen LogP contribution in [0.4, 0.5) is 4.39 Å². The van der Waals surface area contributed by atoms with Crippen molar-refractivity contribution in [2.24, 2.45) is 0 Å². The number of halogens is 1. The van der Waals surface area contributed by atoms with Gasteiger partial charge in [0.2, 0.25) is 0 Å². The molecule has 0 heterocycles. The van der Waals surface area contributed by atoms with Gasteiger partial charge in [0.25, 0.3) is 0 Å². The van der Waals surface area contributed by atoms with Gasteiger partial charge in [0, 0.05) is 13.1 Å². The van der Waals surface area contributed by atoms with Gasteiger partial charge >= 0.3 is 0 Å². The van der Waals surface area contributed by atoms with Gasteiger partial charge in [-0.1, -0.05) is 30.3 Å². The molecule has 0 bridgehead atoms. The minimum Gasteiger partial charge on any atom is -0.492 e. The van der Waals surface area contributed by atoms with Gasteiger partial charge in [-0.2, -0.15) is 0 Å². The molecule has 0 saturated heterocycles. The van der Waals surface area contributed by atoms with Crippen molar-refractivity contribution in [2.45, 2.75) is 13.5 Å². The van der Waals surface area contributed by atoms with Crippen molar-refractivity contribution < 1.29 is 9.13 Å². The third-order valence-corrected chi connectivity index (χ3v) is 2.85. The highest BCUT2D eigenvalue weighted by atomic mass is 19.1. The molecule has 0 saturated carbocycles. The van der Waals surface area contributed by atoms with Gasteiger partial charge in [-0.25, -0.2) is 4.39 Å². The summed E-state index contributed by atoms with van der Waals surface area (Å²) in [5.41, 5.74) is 2.07. The Morgan fingerprint density at radius 2 is 1.89 bits per heavy atom. The zero-order chi connectivity index (χ0) is 13.5. The van der Waals surface area contributed by atoms with Crippen molar-refractivity contribution in [3.63, 3.8) is 0 Å². The number of hydrogen-bond donors (Lipinski definition) is 1. The topological polar surface area (TPSA) is 21.3 Å². The molecular formula is C16H18FNO. The molecule has 0 aliphatic rings. The molecule has 0 aromatic heterocycles. The fraction of sp³-hybridized carbons (Fsp3) is 0.250. The van der Waals surface area contributed by atoms with E-state index in [0.29, 0.717) is 6.61 Å². The zero-order valence-electron chi connectivity index (χ0n) is 11.0. The Kier molecular flexibility index (Phi) is 4.93. The van der Waals surface area contributed by atoms with Crippen LogP contribution in [0.25, 0.3) is 0 Å². The Morgan fingerprint density at radius 3 is 2.63 bits per heavy atom. The molecule has 0 spiro atoms. The number of hydrogen-bond acceptors (Lipinski definition) is 2. The molecule has 2 aromatic rings. The highest BCUT2D eigenvalue weighted by Crippen LogP contribution is 2.17. The number of rotatable bonds is 6. The summed E-state index contributed by atoms with van der Waals surface area (Å²) in [6.07, 6.45) is 0. The maximum absolute atomic E-state index is 12.9. The molecule has 0 radical (unpaired) electrons. The van der Waals surface area contributed by atoms with E-state index in [2.05, 4.69) is 17.4 Å². The van der Waals surface area contributed by atoms with E-state index in [0.717, 1.165) is 24.4 Å². The van der Waals surface area contributed by atoms with Gasteiger partial charge in [-0.05, 0) is 36.2 Å². The molecule has 19 heavy (non-hydrogen) atoms. The zero-order valence-corrected chi connectivity index (χ0v) is 11.0. The van der Waals surface area contributed by atoms with Gasteiger partial charge in [-0.15, -0.1) is 0 Å². The largest absolute Gasteiger partial charge is 0.492 e. The minimum atomic E-state index is -0.230. The maximum atomic E-state index is 12.9. The summed E-state index contributed by atoms with van der Waals surface area (Å²) < 4.78 is 18.5. The Morgan fingerprint density at radius 1 is 1.11 bits per heavy atom. The van der Waals surface area contributed by atoms with E-state index in [1.165, 1.54) is 17.7 Å². The highest BCUT2D eigenvalue weighted by molar-refractivity contribution is 5.32. The standard InChI is InChI=1S/C16H18FNO/c1-13-11-15(17)7-8-16(13)19-10-9-18-12-14-5-3-2-4-6-14/h2-8,11,18H,9-10,12H2,1H3. The minimum absolute atomic E-state index is 0.230. The lowest BCUT2D eigenvalue weighted by Crippen LogP contribution is -2.20. The summed E-state index contributed by atoms with van der Waals surface area (Å²) in [7, 11) is 0. The molecule has 0 amide bonds. The first kappa shape index (κ1) is 13.6. The van der Waals surface area contributed by atoms with Crippen molar-refractivity contribution in [1.82, 2.24) is 5.32 Å². The predicted molar refractivity (Wildman–Crippen MR) is 74.8 cm³/mol. The Hall–Kier alpha value is -1.87. The number of aryl methyl sites for hydroxylation is 1. The van der Waals surface area contributed by atoms with E-state index in [4.69, 9.17) is 4.74 Å². The molecule has 2 rings (SSSR count). The first-order chi connectivity index (χ1) is 9.25. The molecule has 0 aliphatic carbocycles. The maximum Gasteiger partial charge on any atom is 0.123 e. The first-order valence-corrected chi connectivity index (χ1v) is 6.39. The van der Waals surface area contributed by atoms with Crippen LogP contribution < -0.4 is 10.1 Å². The van der Waals surface area contributed by atoms with Crippen molar-refractivity contribution in [3.05, 3.63) is 65.5 Å². The fourth-order valence-electron chi connectivity index (χ4n) is 1.84. The second kappa shape index (κ2) is 6.90.